The maximum atomic E-state index is 6.11. The van der Waals surface area contributed by atoms with E-state index in [-0.39, 0.29) is 10.8 Å². The second-order valence-corrected chi connectivity index (χ2v) is 7.78. The van der Waals surface area contributed by atoms with Crippen LogP contribution in [-0.4, -0.2) is 13.2 Å². The molecule has 0 radical (unpaired) electrons. The summed E-state index contributed by atoms with van der Waals surface area (Å²) in [5.41, 5.74) is 8.62. The Labute approximate surface area is 124 Å². The second-order valence-electron chi connectivity index (χ2n) is 7.78. The molecule has 0 amide bonds. The van der Waals surface area contributed by atoms with Gasteiger partial charge >= 0.3 is 0 Å². The average Bonchev–Trinajstić information content (AvgIpc) is 2.34. The van der Waals surface area contributed by atoms with E-state index < -0.39 is 0 Å². The first-order chi connectivity index (χ1) is 9.08. The molecule has 2 N–H and O–H groups in total. The van der Waals surface area contributed by atoms with Gasteiger partial charge in [-0.05, 0) is 23.0 Å². The first-order valence-corrected chi connectivity index (χ1v) is 7.55. The molecule has 0 aliphatic carbocycles. The molecule has 0 unspecified atom stereocenters. The van der Waals surface area contributed by atoms with E-state index in [4.69, 9.17) is 10.5 Å². The van der Waals surface area contributed by atoms with Gasteiger partial charge in [-0.2, -0.15) is 0 Å². The van der Waals surface area contributed by atoms with E-state index in [1.165, 1.54) is 11.1 Å². The summed E-state index contributed by atoms with van der Waals surface area (Å²) >= 11 is 0. The third kappa shape index (κ3) is 4.24. The summed E-state index contributed by atoms with van der Waals surface area (Å²) in [7, 11) is 0. The Morgan fingerprint density at radius 2 is 1.70 bits per heavy atom. The molecule has 114 valence electrons. The van der Waals surface area contributed by atoms with Crippen molar-refractivity contribution in [3.05, 3.63) is 29.3 Å². The fourth-order valence-corrected chi connectivity index (χ4v) is 2.25. The van der Waals surface area contributed by atoms with E-state index in [9.17, 15) is 0 Å². The largest absolute Gasteiger partial charge is 0.493 e. The van der Waals surface area contributed by atoms with E-state index in [1.807, 2.05) is 0 Å². The molecule has 0 spiro atoms. The minimum absolute atomic E-state index is 0.00594. The fourth-order valence-electron chi connectivity index (χ4n) is 2.25. The molecule has 2 heteroatoms. The number of rotatable bonds is 5. The van der Waals surface area contributed by atoms with Crippen LogP contribution in [0.15, 0.2) is 18.2 Å². The highest BCUT2D eigenvalue weighted by Gasteiger charge is 2.24. The molecule has 0 aromatic heterocycles. The van der Waals surface area contributed by atoms with Gasteiger partial charge in [0.25, 0.3) is 0 Å². The monoisotopic (exact) mass is 277 g/mol. The molecule has 1 aromatic carbocycles. The number of ether oxygens (including phenoxy) is 1. The Morgan fingerprint density at radius 1 is 1.10 bits per heavy atom. The van der Waals surface area contributed by atoms with Crippen molar-refractivity contribution in [3.8, 4) is 5.75 Å². The molecule has 1 aromatic rings. The van der Waals surface area contributed by atoms with Crippen molar-refractivity contribution < 1.29 is 4.74 Å². The minimum atomic E-state index is 0.00594. The van der Waals surface area contributed by atoms with Crippen molar-refractivity contribution in [2.45, 2.75) is 59.8 Å². The summed E-state index contributed by atoms with van der Waals surface area (Å²) in [5.74, 6) is 1.45. The van der Waals surface area contributed by atoms with Gasteiger partial charge in [0.2, 0.25) is 0 Å². The third-order valence-electron chi connectivity index (χ3n) is 3.62. The Morgan fingerprint density at radius 3 is 2.15 bits per heavy atom. The quantitative estimate of drug-likeness (QED) is 0.861. The van der Waals surface area contributed by atoms with Crippen LogP contribution in [0.3, 0.4) is 0 Å². The highest BCUT2D eigenvalue weighted by atomic mass is 16.5. The van der Waals surface area contributed by atoms with E-state index in [2.05, 4.69) is 66.7 Å². The molecule has 0 aliphatic rings. The molecular weight excluding hydrogens is 246 g/mol. The van der Waals surface area contributed by atoms with Gasteiger partial charge in [0.15, 0.2) is 0 Å². The van der Waals surface area contributed by atoms with Crippen LogP contribution in [0.25, 0.3) is 0 Å². The van der Waals surface area contributed by atoms with Crippen LogP contribution < -0.4 is 10.5 Å². The molecule has 0 bridgehead atoms. The standard InChI is InChI=1S/C18H31NO/c1-13(2)16-14(17(3,4)5)9-8-10-15(16)20-12-18(6,7)11-19/h8-10,13H,11-12,19H2,1-7H3. The fraction of sp³-hybridized carbons (Fsp3) is 0.667. The first-order valence-electron chi connectivity index (χ1n) is 7.55. The SMILES string of the molecule is CC(C)c1c(OCC(C)(C)CN)cccc1C(C)(C)C. The summed E-state index contributed by atoms with van der Waals surface area (Å²) in [6.07, 6.45) is 0. The molecule has 1 rings (SSSR count). The minimum Gasteiger partial charge on any atom is -0.493 e. The lowest BCUT2D eigenvalue weighted by molar-refractivity contribution is 0.185. The lowest BCUT2D eigenvalue weighted by Crippen LogP contribution is -2.30. The molecule has 20 heavy (non-hydrogen) atoms. The van der Waals surface area contributed by atoms with E-state index in [0.29, 0.717) is 19.1 Å². The second kappa shape index (κ2) is 6.17. The zero-order chi connectivity index (χ0) is 15.6. The number of benzene rings is 1. The van der Waals surface area contributed by atoms with Crippen LogP contribution in [0.2, 0.25) is 0 Å². The van der Waals surface area contributed by atoms with Crippen molar-refractivity contribution in [3.63, 3.8) is 0 Å². The highest BCUT2D eigenvalue weighted by molar-refractivity contribution is 5.45. The maximum absolute atomic E-state index is 6.11. The normalized spacial score (nSPS) is 12.8. The Kier molecular flexibility index (Phi) is 5.26. The van der Waals surface area contributed by atoms with Crippen LogP contribution >= 0.6 is 0 Å². The summed E-state index contributed by atoms with van der Waals surface area (Å²) in [4.78, 5) is 0. The highest BCUT2D eigenvalue weighted by Crippen LogP contribution is 2.37. The smallest absolute Gasteiger partial charge is 0.123 e. The molecule has 0 aliphatic heterocycles. The van der Waals surface area contributed by atoms with Gasteiger partial charge in [0.05, 0.1) is 6.61 Å². The zero-order valence-electron chi connectivity index (χ0n) is 14.2. The van der Waals surface area contributed by atoms with Crippen molar-refractivity contribution in [2.24, 2.45) is 11.1 Å². The Hall–Kier alpha value is -1.02. The summed E-state index contributed by atoms with van der Waals surface area (Å²) in [6.45, 7) is 16.8. The summed E-state index contributed by atoms with van der Waals surface area (Å²) in [6, 6.07) is 6.39. The number of hydrogen-bond acceptors (Lipinski definition) is 2. The Balaban J connectivity index is 3.14. The van der Waals surface area contributed by atoms with Crippen LogP contribution in [0, 0.1) is 5.41 Å². The van der Waals surface area contributed by atoms with E-state index in [1.54, 1.807) is 0 Å². The van der Waals surface area contributed by atoms with Gasteiger partial charge in [-0.25, -0.2) is 0 Å². The first kappa shape index (κ1) is 17.0. The average molecular weight is 277 g/mol. The molecular formula is C18H31NO. The van der Waals surface area contributed by atoms with Crippen LogP contribution in [0.1, 0.15) is 65.5 Å². The van der Waals surface area contributed by atoms with Crippen molar-refractivity contribution in [1.29, 1.82) is 0 Å². The molecule has 2 nitrogen and oxygen atoms in total. The van der Waals surface area contributed by atoms with Gasteiger partial charge in [0.1, 0.15) is 5.75 Å². The van der Waals surface area contributed by atoms with Crippen molar-refractivity contribution in [2.75, 3.05) is 13.2 Å². The lowest BCUT2D eigenvalue weighted by atomic mass is 9.80. The van der Waals surface area contributed by atoms with Gasteiger partial charge in [-0.1, -0.05) is 60.6 Å². The maximum Gasteiger partial charge on any atom is 0.123 e. The van der Waals surface area contributed by atoms with E-state index >= 15 is 0 Å². The number of nitrogens with two attached hydrogens (primary N) is 1. The number of hydrogen-bond donors (Lipinski definition) is 1. The molecule has 0 fully saturated rings. The third-order valence-corrected chi connectivity index (χ3v) is 3.62. The Bertz CT molecular complexity index is 441. The summed E-state index contributed by atoms with van der Waals surface area (Å²) < 4.78 is 6.11. The van der Waals surface area contributed by atoms with Crippen LogP contribution in [-0.2, 0) is 5.41 Å². The van der Waals surface area contributed by atoms with Gasteiger partial charge in [-0.3, -0.25) is 0 Å². The molecule has 0 atom stereocenters. The van der Waals surface area contributed by atoms with Crippen LogP contribution in [0.4, 0.5) is 0 Å². The lowest BCUT2D eigenvalue weighted by Gasteiger charge is -2.29. The van der Waals surface area contributed by atoms with Crippen molar-refractivity contribution >= 4 is 0 Å². The molecule has 0 heterocycles. The van der Waals surface area contributed by atoms with Gasteiger partial charge < -0.3 is 10.5 Å². The van der Waals surface area contributed by atoms with Crippen LogP contribution in [0.5, 0.6) is 5.75 Å². The predicted octanol–water partition coefficient (Wildman–Crippen LogP) is 4.47. The van der Waals surface area contributed by atoms with Gasteiger partial charge in [-0.15, -0.1) is 0 Å². The predicted molar refractivity (Wildman–Crippen MR) is 87.6 cm³/mol. The topological polar surface area (TPSA) is 35.2 Å². The van der Waals surface area contributed by atoms with Crippen molar-refractivity contribution in [1.82, 2.24) is 0 Å². The van der Waals surface area contributed by atoms with E-state index in [0.717, 1.165) is 5.75 Å². The molecule has 0 saturated heterocycles. The zero-order valence-corrected chi connectivity index (χ0v) is 14.2. The van der Waals surface area contributed by atoms with Gasteiger partial charge in [0, 0.05) is 17.5 Å². The summed E-state index contributed by atoms with van der Waals surface area (Å²) in [5, 5.41) is 0. The molecule has 0 saturated carbocycles.